The lowest BCUT2D eigenvalue weighted by Crippen LogP contribution is -2.28. The Balaban J connectivity index is 2.13. The molecule has 1 aromatic carbocycles. The number of rotatable bonds is 4. The van der Waals surface area contributed by atoms with Crippen molar-refractivity contribution in [2.75, 3.05) is 12.4 Å². The quantitative estimate of drug-likeness (QED) is 0.898. The Morgan fingerprint density at radius 2 is 2.00 bits per heavy atom. The van der Waals surface area contributed by atoms with Crippen molar-refractivity contribution in [3.05, 3.63) is 39.0 Å². The fourth-order valence-corrected chi connectivity index (χ4v) is 4.43. The number of nitrogens with one attached hydrogen (secondary N) is 1. The molecular weight excluding hydrogens is 311 g/mol. The van der Waals surface area contributed by atoms with Crippen LogP contribution in [0.3, 0.4) is 0 Å². The van der Waals surface area contributed by atoms with Crippen molar-refractivity contribution in [1.29, 1.82) is 0 Å². The van der Waals surface area contributed by atoms with Crippen molar-refractivity contribution in [1.82, 2.24) is 9.55 Å². The molecule has 8 heteroatoms. The summed E-state index contributed by atoms with van der Waals surface area (Å²) in [5, 5.41) is 0.119. The van der Waals surface area contributed by atoms with Gasteiger partial charge in [-0.05, 0) is 31.0 Å². The highest BCUT2D eigenvalue weighted by molar-refractivity contribution is 7.91. The van der Waals surface area contributed by atoms with Crippen molar-refractivity contribution >= 4 is 20.7 Å². The number of aromatic nitrogens is 2. The summed E-state index contributed by atoms with van der Waals surface area (Å²) >= 11 is 0. The third-order valence-corrected chi connectivity index (χ3v) is 6.16. The standard InChI is InChI=1S/C14H15FN2O4S/c1-17-11-3-2-9(6-10(11)12(18)16-13(17)19)22(20,21)8-14(7-15)4-5-14/h2-3,6H,4-5,7-8H2,1H3,(H,16,18,19). The van der Waals surface area contributed by atoms with Crippen molar-refractivity contribution in [2.24, 2.45) is 12.5 Å². The first-order valence-corrected chi connectivity index (χ1v) is 8.45. The second-order valence-electron chi connectivity index (χ2n) is 5.89. The number of aryl methyl sites for hydroxylation is 1. The van der Waals surface area contributed by atoms with Gasteiger partial charge in [0.2, 0.25) is 0 Å². The fraction of sp³-hybridized carbons (Fsp3) is 0.429. The maximum Gasteiger partial charge on any atom is 0.328 e. The van der Waals surface area contributed by atoms with E-state index in [1.54, 1.807) is 0 Å². The minimum atomic E-state index is -3.68. The number of aromatic amines is 1. The predicted molar refractivity (Wildman–Crippen MR) is 79.5 cm³/mol. The third kappa shape index (κ3) is 2.37. The summed E-state index contributed by atoms with van der Waals surface area (Å²) in [6.07, 6.45) is 1.12. The molecule has 0 radical (unpaired) electrons. The molecule has 2 aromatic rings. The van der Waals surface area contributed by atoms with Crippen LogP contribution in [-0.4, -0.2) is 30.4 Å². The van der Waals surface area contributed by atoms with E-state index >= 15 is 0 Å². The summed E-state index contributed by atoms with van der Waals surface area (Å²) in [5.41, 5.74) is -1.62. The van der Waals surface area contributed by atoms with Gasteiger partial charge in [0.25, 0.3) is 5.56 Å². The van der Waals surface area contributed by atoms with Crippen molar-refractivity contribution in [3.63, 3.8) is 0 Å². The summed E-state index contributed by atoms with van der Waals surface area (Å²) in [5.74, 6) is -0.258. The van der Waals surface area contributed by atoms with Crippen LogP contribution in [0.4, 0.5) is 4.39 Å². The van der Waals surface area contributed by atoms with Gasteiger partial charge in [0.05, 0.1) is 28.2 Å². The first-order chi connectivity index (χ1) is 10.3. The molecule has 118 valence electrons. The molecule has 3 rings (SSSR count). The Hall–Kier alpha value is -1.96. The molecule has 1 aliphatic rings. The van der Waals surface area contributed by atoms with E-state index in [9.17, 15) is 22.4 Å². The zero-order valence-electron chi connectivity index (χ0n) is 11.9. The van der Waals surface area contributed by atoms with Gasteiger partial charge in [-0.2, -0.15) is 0 Å². The van der Waals surface area contributed by atoms with Crippen molar-refractivity contribution in [3.8, 4) is 0 Å². The zero-order chi connectivity index (χ0) is 16.1. The molecule has 1 fully saturated rings. The van der Waals surface area contributed by atoms with E-state index in [1.807, 2.05) is 0 Å². The Kier molecular flexibility index (Phi) is 3.24. The molecule has 22 heavy (non-hydrogen) atoms. The van der Waals surface area contributed by atoms with Gasteiger partial charge in [0.1, 0.15) is 0 Å². The number of fused-ring (bicyclic) bond motifs is 1. The fourth-order valence-electron chi connectivity index (χ4n) is 2.52. The van der Waals surface area contributed by atoms with Gasteiger partial charge in [0.15, 0.2) is 9.84 Å². The molecule has 0 bridgehead atoms. The van der Waals surface area contributed by atoms with E-state index in [2.05, 4.69) is 4.98 Å². The zero-order valence-corrected chi connectivity index (χ0v) is 12.7. The smallest absolute Gasteiger partial charge is 0.296 e. The average Bonchev–Trinajstić information content (AvgIpc) is 3.24. The number of alkyl halides is 1. The largest absolute Gasteiger partial charge is 0.328 e. The Bertz CT molecular complexity index is 970. The molecule has 1 N–H and O–H groups in total. The summed E-state index contributed by atoms with van der Waals surface area (Å²) in [4.78, 5) is 25.5. The minimum Gasteiger partial charge on any atom is -0.296 e. The molecule has 0 spiro atoms. The van der Waals surface area contributed by atoms with Gasteiger partial charge >= 0.3 is 5.69 Å². The molecule has 1 aromatic heterocycles. The molecule has 0 saturated heterocycles. The summed E-state index contributed by atoms with van der Waals surface area (Å²) in [7, 11) is -2.20. The summed E-state index contributed by atoms with van der Waals surface area (Å²) in [6, 6.07) is 4.02. The van der Waals surface area contributed by atoms with Crippen LogP contribution in [0.1, 0.15) is 12.8 Å². The van der Waals surface area contributed by atoms with Crippen LogP contribution in [0.5, 0.6) is 0 Å². The van der Waals surface area contributed by atoms with Gasteiger partial charge < -0.3 is 0 Å². The topological polar surface area (TPSA) is 89.0 Å². The second kappa shape index (κ2) is 4.77. The average molecular weight is 326 g/mol. The lowest BCUT2D eigenvalue weighted by atomic mass is 10.2. The SMILES string of the molecule is Cn1c(=O)[nH]c(=O)c2cc(S(=O)(=O)CC3(CF)CC3)ccc21. The van der Waals surface area contributed by atoms with Crippen LogP contribution < -0.4 is 11.2 Å². The van der Waals surface area contributed by atoms with Gasteiger partial charge in [-0.25, -0.2) is 13.2 Å². The van der Waals surface area contributed by atoms with Gasteiger partial charge in [0, 0.05) is 12.5 Å². The first kappa shape index (κ1) is 15.0. The normalized spacial score (nSPS) is 16.8. The molecular formula is C14H15FN2O4S. The molecule has 0 aliphatic heterocycles. The molecule has 1 aliphatic carbocycles. The van der Waals surface area contributed by atoms with Gasteiger partial charge in [-0.1, -0.05) is 0 Å². The molecule has 0 unspecified atom stereocenters. The minimum absolute atomic E-state index is 0.0242. The van der Waals surface area contributed by atoms with Crippen LogP contribution in [0.2, 0.25) is 0 Å². The molecule has 0 amide bonds. The molecule has 0 atom stereocenters. The van der Waals surface area contributed by atoms with E-state index in [1.165, 1.54) is 29.8 Å². The Labute approximate surface area is 125 Å². The highest BCUT2D eigenvalue weighted by Crippen LogP contribution is 2.47. The van der Waals surface area contributed by atoms with E-state index in [4.69, 9.17) is 0 Å². The van der Waals surface area contributed by atoms with E-state index in [0.717, 1.165) is 0 Å². The number of sulfone groups is 1. The van der Waals surface area contributed by atoms with Crippen molar-refractivity contribution in [2.45, 2.75) is 17.7 Å². The number of H-pyrrole nitrogens is 1. The Morgan fingerprint density at radius 3 is 2.59 bits per heavy atom. The number of hydrogen-bond donors (Lipinski definition) is 1. The van der Waals surface area contributed by atoms with Crippen molar-refractivity contribution < 1.29 is 12.8 Å². The lowest BCUT2D eigenvalue weighted by molar-refractivity contribution is 0.367. The first-order valence-electron chi connectivity index (χ1n) is 6.80. The van der Waals surface area contributed by atoms with Crippen LogP contribution in [0, 0.1) is 5.41 Å². The maximum atomic E-state index is 12.9. The van der Waals surface area contributed by atoms with E-state index < -0.39 is 33.2 Å². The third-order valence-electron chi connectivity index (χ3n) is 4.20. The summed E-state index contributed by atoms with van der Waals surface area (Å²) in [6.45, 7) is -0.658. The molecule has 1 saturated carbocycles. The number of nitrogens with zero attached hydrogens (tertiary/aromatic N) is 1. The Morgan fingerprint density at radius 1 is 1.32 bits per heavy atom. The number of benzene rings is 1. The van der Waals surface area contributed by atoms with Gasteiger partial charge in [-0.3, -0.25) is 18.7 Å². The maximum absolute atomic E-state index is 12.9. The van der Waals surface area contributed by atoms with Gasteiger partial charge in [-0.15, -0.1) is 0 Å². The van der Waals surface area contributed by atoms with E-state index in [-0.39, 0.29) is 16.0 Å². The lowest BCUT2D eigenvalue weighted by Gasteiger charge is -2.12. The van der Waals surface area contributed by atoms with Crippen LogP contribution in [0.15, 0.2) is 32.7 Å². The van der Waals surface area contributed by atoms with Crippen LogP contribution >= 0.6 is 0 Å². The molecule has 6 nitrogen and oxygen atoms in total. The number of hydrogen-bond acceptors (Lipinski definition) is 4. The van der Waals surface area contributed by atoms with E-state index in [0.29, 0.717) is 18.4 Å². The second-order valence-corrected chi connectivity index (χ2v) is 7.88. The molecule has 1 heterocycles. The number of halogens is 1. The predicted octanol–water partition coefficient (Wildman–Crippen LogP) is 0.750. The highest BCUT2D eigenvalue weighted by Gasteiger charge is 2.46. The monoisotopic (exact) mass is 326 g/mol. The summed E-state index contributed by atoms with van der Waals surface area (Å²) < 4.78 is 39.0. The highest BCUT2D eigenvalue weighted by atomic mass is 32.2. The van der Waals surface area contributed by atoms with Crippen LogP contribution in [0.25, 0.3) is 10.9 Å². The van der Waals surface area contributed by atoms with Crippen LogP contribution in [-0.2, 0) is 16.9 Å².